The molecule has 2 N–H and O–H groups in total. The summed E-state index contributed by atoms with van der Waals surface area (Å²) in [6.07, 6.45) is 5.04. The molecule has 0 aliphatic heterocycles. The highest BCUT2D eigenvalue weighted by Crippen LogP contribution is 2.25. The second kappa shape index (κ2) is 5.30. The minimum absolute atomic E-state index is 0.104. The Morgan fingerprint density at radius 1 is 1.53 bits per heavy atom. The second-order valence-electron chi connectivity index (χ2n) is 4.87. The topological polar surface area (TPSA) is 101 Å². The first kappa shape index (κ1) is 14.0. The summed E-state index contributed by atoms with van der Waals surface area (Å²) >= 11 is 0. The molecule has 1 aliphatic rings. The third-order valence-corrected chi connectivity index (χ3v) is 4.81. The zero-order chi connectivity index (χ0) is 14.0. The van der Waals surface area contributed by atoms with E-state index in [1.54, 1.807) is 7.05 Å². The Hall–Kier alpha value is -1.41. The Balaban J connectivity index is 2.06. The maximum absolute atomic E-state index is 12.1. The quantitative estimate of drug-likeness (QED) is 0.831. The molecule has 1 saturated carbocycles. The van der Waals surface area contributed by atoms with Crippen molar-refractivity contribution < 1.29 is 18.3 Å². The molecule has 0 bridgehead atoms. The number of aliphatic carboxylic acids is 1. The SMILES string of the molecule is Cn1cc(S(=O)(=O)NC2CCCC(C(=O)O)C2)cn1. The van der Waals surface area contributed by atoms with Gasteiger partial charge in [-0.2, -0.15) is 5.10 Å². The lowest BCUT2D eigenvalue weighted by Gasteiger charge is -2.26. The van der Waals surface area contributed by atoms with Crippen molar-refractivity contribution in [3.63, 3.8) is 0 Å². The molecule has 1 heterocycles. The van der Waals surface area contributed by atoms with Gasteiger partial charge in [-0.25, -0.2) is 13.1 Å². The molecule has 2 unspecified atom stereocenters. The zero-order valence-corrected chi connectivity index (χ0v) is 11.4. The van der Waals surface area contributed by atoms with Crippen LogP contribution in [0.2, 0.25) is 0 Å². The molecule has 1 aromatic rings. The van der Waals surface area contributed by atoms with Crippen molar-refractivity contribution >= 4 is 16.0 Å². The van der Waals surface area contributed by atoms with Gasteiger partial charge in [0.2, 0.25) is 10.0 Å². The number of carboxylic acids is 1. The summed E-state index contributed by atoms with van der Waals surface area (Å²) in [6, 6.07) is -0.319. The summed E-state index contributed by atoms with van der Waals surface area (Å²) in [4.78, 5) is 11.1. The molecular weight excluding hydrogens is 270 g/mol. The first-order valence-corrected chi connectivity index (χ1v) is 7.60. The number of sulfonamides is 1. The van der Waals surface area contributed by atoms with Crippen molar-refractivity contribution in [2.75, 3.05) is 0 Å². The molecule has 1 aromatic heterocycles. The fourth-order valence-electron chi connectivity index (χ4n) is 2.35. The number of rotatable bonds is 4. The minimum atomic E-state index is -3.61. The summed E-state index contributed by atoms with van der Waals surface area (Å²) in [7, 11) is -1.98. The van der Waals surface area contributed by atoms with E-state index in [0.29, 0.717) is 19.3 Å². The monoisotopic (exact) mass is 287 g/mol. The van der Waals surface area contributed by atoms with Crippen LogP contribution in [0.25, 0.3) is 0 Å². The van der Waals surface area contributed by atoms with Crippen LogP contribution in [-0.2, 0) is 21.9 Å². The van der Waals surface area contributed by atoms with Crippen molar-refractivity contribution in [3.05, 3.63) is 12.4 Å². The number of aromatic nitrogens is 2. The molecular formula is C11H17N3O4S. The highest BCUT2D eigenvalue weighted by atomic mass is 32.2. The standard InChI is InChI=1S/C11H17N3O4S/c1-14-7-10(6-12-14)19(17,18)13-9-4-2-3-8(5-9)11(15)16/h6-9,13H,2-5H2,1H3,(H,15,16). The number of hydrogen-bond donors (Lipinski definition) is 2. The van der Waals surface area contributed by atoms with Gasteiger partial charge in [0.05, 0.1) is 12.1 Å². The van der Waals surface area contributed by atoms with Gasteiger partial charge in [-0.1, -0.05) is 6.42 Å². The highest BCUT2D eigenvalue weighted by molar-refractivity contribution is 7.89. The third-order valence-electron chi connectivity index (χ3n) is 3.34. The van der Waals surface area contributed by atoms with E-state index < -0.39 is 21.9 Å². The number of nitrogens with zero attached hydrogens (tertiary/aromatic N) is 2. The number of aryl methyl sites for hydroxylation is 1. The van der Waals surface area contributed by atoms with E-state index in [4.69, 9.17) is 5.11 Å². The Morgan fingerprint density at radius 3 is 2.84 bits per heavy atom. The smallest absolute Gasteiger partial charge is 0.306 e. The second-order valence-corrected chi connectivity index (χ2v) is 6.58. The average molecular weight is 287 g/mol. The average Bonchev–Trinajstić information content (AvgIpc) is 2.76. The van der Waals surface area contributed by atoms with Crippen LogP contribution >= 0.6 is 0 Å². The molecule has 0 saturated heterocycles. The van der Waals surface area contributed by atoms with E-state index in [-0.39, 0.29) is 10.9 Å². The van der Waals surface area contributed by atoms with Crippen LogP contribution in [0.3, 0.4) is 0 Å². The Bertz CT molecular complexity index is 566. The van der Waals surface area contributed by atoms with Gasteiger partial charge in [-0.15, -0.1) is 0 Å². The lowest BCUT2D eigenvalue weighted by molar-refractivity contribution is -0.143. The van der Waals surface area contributed by atoms with Crippen LogP contribution in [-0.4, -0.2) is 35.3 Å². The fraction of sp³-hybridized carbons (Fsp3) is 0.636. The largest absolute Gasteiger partial charge is 0.481 e. The van der Waals surface area contributed by atoms with Gasteiger partial charge in [0.15, 0.2) is 0 Å². The number of nitrogens with one attached hydrogen (secondary N) is 1. The van der Waals surface area contributed by atoms with Crippen LogP contribution in [0.4, 0.5) is 0 Å². The molecule has 0 spiro atoms. The fourth-order valence-corrected chi connectivity index (χ4v) is 3.61. The minimum Gasteiger partial charge on any atom is -0.481 e. The van der Waals surface area contributed by atoms with Gasteiger partial charge in [0, 0.05) is 19.3 Å². The van der Waals surface area contributed by atoms with Crippen molar-refractivity contribution in [1.29, 1.82) is 0 Å². The molecule has 8 heteroatoms. The van der Waals surface area contributed by atoms with Crippen LogP contribution in [0, 0.1) is 5.92 Å². The summed E-state index contributed by atoms with van der Waals surface area (Å²) < 4.78 is 28.1. The maximum Gasteiger partial charge on any atom is 0.306 e. The molecule has 106 valence electrons. The molecule has 1 fully saturated rings. The van der Waals surface area contributed by atoms with Crippen molar-refractivity contribution in [1.82, 2.24) is 14.5 Å². The first-order chi connectivity index (χ1) is 8.88. The van der Waals surface area contributed by atoms with E-state index >= 15 is 0 Å². The molecule has 1 aliphatic carbocycles. The Morgan fingerprint density at radius 2 is 2.26 bits per heavy atom. The summed E-state index contributed by atoms with van der Waals surface area (Å²) in [5, 5.41) is 12.8. The molecule has 7 nitrogen and oxygen atoms in total. The van der Waals surface area contributed by atoms with Gasteiger partial charge in [0.25, 0.3) is 0 Å². The first-order valence-electron chi connectivity index (χ1n) is 6.12. The highest BCUT2D eigenvalue weighted by Gasteiger charge is 2.30. The van der Waals surface area contributed by atoms with Crippen molar-refractivity contribution in [3.8, 4) is 0 Å². The molecule has 2 atom stereocenters. The van der Waals surface area contributed by atoms with E-state index in [2.05, 4.69) is 9.82 Å². The summed E-state index contributed by atoms with van der Waals surface area (Å²) in [5.41, 5.74) is 0. The van der Waals surface area contributed by atoms with Crippen molar-refractivity contribution in [2.45, 2.75) is 36.6 Å². The molecule has 19 heavy (non-hydrogen) atoms. The number of hydrogen-bond acceptors (Lipinski definition) is 4. The predicted octanol–water partition coefficient (Wildman–Crippen LogP) is 0.342. The summed E-state index contributed by atoms with van der Waals surface area (Å²) in [6.45, 7) is 0. The molecule has 2 rings (SSSR count). The number of carboxylic acid groups (broad SMARTS) is 1. The van der Waals surface area contributed by atoms with Crippen molar-refractivity contribution in [2.24, 2.45) is 13.0 Å². The van der Waals surface area contributed by atoms with Gasteiger partial charge < -0.3 is 5.11 Å². The third kappa shape index (κ3) is 3.32. The normalized spacial score (nSPS) is 24.3. The molecule has 0 amide bonds. The lowest BCUT2D eigenvalue weighted by Crippen LogP contribution is -2.39. The van der Waals surface area contributed by atoms with Crippen LogP contribution in [0.5, 0.6) is 0 Å². The Kier molecular flexibility index (Phi) is 3.91. The van der Waals surface area contributed by atoms with Gasteiger partial charge in [0.1, 0.15) is 4.90 Å². The van der Waals surface area contributed by atoms with Crippen LogP contribution < -0.4 is 4.72 Å². The lowest BCUT2D eigenvalue weighted by atomic mass is 9.86. The molecule has 0 radical (unpaired) electrons. The summed E-state index contributed by atoms with van der Waals surface area (Å²) in [5.74, 6) is -1.32. The number of carbonyl (C=O) groups is 1. The molecule has 0 aromatic carbocycles. The zero-order valence-electron chi connectivity index (χ0n) is 10.6. The van der Waals surface area contributed by atoms with Gasteiger partial charge >= 0.3 is 5.97 Å². The maximum atomic E-state index is 12.1. The van der Waals surface area contributed by atoms with E-state index in [1.807, 2.05) is 0 Å². The van der Waals surface area contributed by atoms with E-state index in [9.17, 15) is 13.2 Å². The van der Waals surface area contributed by atoms with E-state index in [1.165, 1.54) is 17.1 Å². The predicted molar refractivity (Wildman–Crippen MR) is 66.9 cm³/mol. The Labute approximate surface area is 111 Å². The van der Waals surface area contributed by atoms with E-state index in [0.717, 1.165) is 6.42 Å². The van der Waals surface area contributed by atoms with Gasteiger partial charge in [-0.05, 0) is 19.3 Å². The van der Waals surface area contributed by atoms with Crippen LogP contribution in [0.1, 0.15) is 25.7 Å². The van der Waals surface area contributed by atoms with Crippen LogP contribution in [0.15, 0.2) is 17.3 Å². The van der Waals surface area contributed by atoms with Gasteiger partial charge in [-0.3, -0.25) is 9.48 Å².